The molecule has 2 aromatic carbocycles. The first-order valence-corrected chi connectivity index (χ1v) is 14.0. The van der Waals surface area contributed by atoms with Gasteiger partial charge in [0.1, 0.15) is 12.4 Å². The summed E-state index contributed by atoms with van der Waals surface area (Å²) in [5, 5.41) is 16.8. The number of rotatable bonds is 9. The van der Waals surface area contributed by atoms with Gasteiger partial charge in [0.2, 0.25) is 0 Å². The molecule has 39 heavy (non-hydrogen) atoms. The topological polar surface area (TPSA) is 112 Å². The van der Waals surface area contributed by atoms with Crippen molar-refractivity contribution in [1.29, 1.82) is 0 Å². The van der Waals surface area contributed by atoms with E-state index in [1.54, 1.807) is 12.0 Å². The quantitative estimate of drug-likeness (QED) is 0.295. The SMILES string of the molecule is COc1cc2nn(C3CCC(O)(COCCC4CCN(C(=O)OCc5ccccc5)CC4)CC3)cc2cc1N. The molecule has 2 aliphatic rings. The van der Waals surface area contributed by atoms with Gasteiger partial charge in [0, 0.05) is 37.3 Å². The molecular weight excluding hydrogens is 496 g/mol. The summed E-state index contributed by atoms with van der Waals surface area (Å²) < 4.78 is 18.8. The van der Waals surface area contributed by atoms with Crippen molar-refractivity contribution >= 4 is 22.7 Å². The second-order valence-corrected chi connectivity index (χ2v) is 11.0. The Labute approximate surface area is 229 Å². The number of aromatic nitrogens is 2. The Balaban J connectivity index is 0.989. The molecule has 0 bridgehead atoms. The lowest BCUT2D eigenvalue weighted by Crippen LogP contribution is -2.40. The van der Waals surface area contributed by atoms with Gasteiger partial charge in [-0.25, -0.2) is 4.79 Å². The first-order chi connectivity index (χ1) is 18.9. The minimum absolute atomic E-state index is 0.238. The van der Waals surface area contributed by atoms with Gasteiger partial charge in [-0.3, -0.25) is 4.68 Å². The zero-order valence-electron chi connectivity index (χ0n) is 22.8. The molecule has 1 aliphatic heterocycles. The number of aliphatic hydroxyl groups is 1. The Morgan fingerprint density at radius 3 is 2.59 bits per heavy atom. The summed E-state index contributed by atoms with van der Waals surface area (Å²) in [6.07, 6.45) is 7.70. The number of nitrogen functional groups attached to an aromatic ring is 1. The van der Waals surface area contributed by atoms with Crippen LogP contribution in [0.1, 0.15) is 56.6 Å². The molecular formula is C30H40N4O5. The molecule has 1 saturated heterocycles. The van der Waals surface area contributed by atoms with Crippen molar-refractivity contribution in [2.24, 2.45) is 5.92 Å². The van der Waals surface area contributed by atoms with E-state index in [2.05, 4.69) is 0 Å². The number of carbonyl (C=O) groups excluding carboxylic acids is 1. The number of hydrogen-bond acceptors (Lipinski definition) is 7. The largest absolute Gasteiger partial charge is 0.495 e. The summed E-state index contributed by atoms with van der Waals surface area (Å²) >= 11 is 0. The fraction of sp³-hybridized carbons (Fsp3) is 0.533. The third kappa shape index (κ3) is 6.83. The van der Waals surface area contributed by atoms with E-state index in [9.17, 15) is 9.90 Å². The highest BCUT2D eigenvalue weighted by molar-refractivity contribution is 5.84. The molecule has 0 atom stereocenters. The predicted octanol–water partition coefficient (Wildman–Crippen LogP) is 4.93. The van der Waals surface area contributed by atoms with Crippen molar-refractivity contribution in [1.82, 2.24) is 14.7 Å². The van der Waals surface area contributed by atoms with Gasteiger partial charge in [0.15, 0.2) is 0 Å². The van der Waals surface area contributed by atoms with Gasteiger partial charge in [0.05, 0.1) is 36.6 Å². The molecule has 1 aliphatic carbocycles. The maximum atomic E-state index is 12.4. The van der Waals surface area contributed by atoms with E-state index in [0.29, 0.717) is 63.1 Å². The van der Waals surface area contributed by atoms with Crippen molar-refractivity contribution in [3.05, 3.63) is 54.2 Å². The smallest absolute Gasteiger partial charge is 0.410 e. The lowest BCUT2D eigenvalue weighted by atomic mass is 9.83. The normalized spacial score (nSPS) is 22.2. The lowest BCUT2D eigenvalue weighted by molar-refractivity contribution is -0.0774. The summed E-state index contributed by atoms with van der Waals surface area (Å²) in [5.41, 5.74) is 7.71. The third-order valence-corrected chi connectivity index (χ3v) is 8.25. The van der Waals surface area contributed by atoms with E-state index in [0.717, 1.165) is 48.6 Å². The Hall–Kier alpha value is -3.30. The first kappa shape index (κ1) is 27.3. The van der Waals surface area contributed by atoms with E-state index < -0.39 is 5.60 Å². The van der Waals surface area contributed by atoms with Crippen molar-refractivity contribution in [2.45, 2.75) is 63.2 Å². The molecule has 1 saturated carbocycles. The number of nitrogens with zero attached hydrogens (tertiary/aromatic N) is 3. The fourth-order valence-electron chi connectivity index (χ4n) is 5.73. The molecule has 3 N–H and O–H groups in total. The van der Waals surface area contributed by atoms with Crippen LogP contribution in [0.4, 0.5) is 10.5 Å². The van der Waals surface area contributed by atoms with Crippen LogP contribution in [0.15, 0.2) is 48.7 Å². The van der Waals surface area contributed by atoms with Crippen LogP contribution in [0.5, 0.6) is 5.75 Å². The Morgan fingerprint density at radius 2 is 1.87 bits per heavy atom. The third-order valence-electron chi connectivity index (χ3n) is 8.25. The monoisotopic (exact) mass is 536 g/mol. The molecule has 1 aromatic heterocycles. The van der Waals surface area contributed by atoms with Gasteiger partial charge >= 0.3 is 6.09 Å². The van der Waals surface area contributed by atoms with Crippen LogP contribution in [-0.2, 0) is 16.1 Å². The van der Waals surface area contributed by atoms with Gasteiger partial charge in [-0.2, -0.15) is 5.10 Å². The summed E-state index contributed by atoms with van der Waals surface area (Å²) in [6.45, 7) is 2.72. The summed E-state index contributed by atoms with van der Waals surface area (Å²) in [5.74, 6) is 1.16. The molecule has 9 heteroatoms. The van der Waals surface area contributed by atoms with E-state index in [4.69, 9.17) is 25.0 Å². The summed E-state index contributed by atoms with van der Waals surface area (Å²) in [6, 6.07) is 13.8. The molecule has 3 aromatic rings. The van der Waals surface area contributed by atoms with Gasteiger partial charge in [-0.05, 0) is 62.5 Å². The highest BCUT2D eigenvalue weighted by atomic mass is 16.6. The number of hydrogen-bond donors (Lipinski definition) is 2. The number of ether oxygens (including phenoxy) is 3. The van der Waals surface area contributed by atoms with Crippen LogP contribution in [-0.4, -0.2) is 64.9 Å². The maximum absolute atomic E-state index is 12.4. The van der Waals surface area contributed by atoms with Crippen LogP contribution >= 0.6 is 0 Å². The summed E-state index contributed by atoms with van der Waals surface area (Å²) in [4.78, 5) is 14.2. The van der Waals surface area contributed by atoms with E-state index >= 15 is 0 Å². The first-order valence-electron chi connectivity index (χ1n) is 14.0. The van der Waals surface area contributed by atoms with E-state index in [1.807, 2.05) is 53.3 Å². The van der Waals surface area contributed by atoms with Crippen LogP contribution in [0.2, 0.25) is 0 Å². The Morgan fingerprint density at radius 1 is 1.13 bits per heavy atom. The Kier molecular flexibility index (Phi) is 8.57. The fourth-order valence-corrected chi connectivity index (χ4v) is 5.73. The second-order valence-electron chi connectivity index (χ2n) is 11.0. The number of methoxy groups -OCH3 is 1. The van der Waals surface area contributed by atoms with Crippen LogP contribution in [0, 0.1) is 5.92 Å². The predicted molar refractivity (Wildman–Crippen MR) is 150 cm³/mol. The van der Waals surface area contributed by atoms with Crippen molar-refractivity contribution in [3.8, 4) is 5.75 Å². The Bertz CT molecular complexity index is 1230. The minimum Gasteiger partial charge on any atom is -0.495 e. The van der Waals surface area contributed by atoms with Crippen LogP contribution in [0.25, 0.3) is 10.9 Å². The van der Waals surface area contributed by atoms with Crippen LogP contribution in [0.3, 0.4) is 0 Å². The average molecular weight is 537 g/mol. The van der Waals surface area contributed by atoms with Gasteiger partial charge in [-0.15, -0.1) is 0 Å². The molecule has 2 heterocycles. The number of anilines is 1. The number of piperidine rings is 1. The van der Waals surface area contributed by atoms with Crippen molar-refractivity contribution < 1.29 is 24.1 Å². The maximum Gasteiger partial charge on any atom is 0.410 e. The van der Waals surface area contributed by atoms with E-state index in [1.165, 1.54) is 0 Å². The molecule has 0 spiro atoms. The zero-order valence-corrected chi connectivity index (χ0v) is 22.8. The number of fused-ring (bicyclic) bond motifs is 1. The van der Waals surface area contributed by atoms with Gasteiger partial charge in [0.25, 0.3) is 0 Å². The number of likely N-dealkylation sites (tertiary alicyclic amines) is 1. The molecule has 1 amide bonds. The second kappa shape index (κ2) is 12.3. The highest BCUT2D eigenvalue weighted by Crippen LogP contribution is 2.36. The minimum atomic E-state index is -0.789. The average Bonchev–Trinajstić information content (AvgIpc) is 3.37. The zero-order chi connectivity index (χ0) is 27.2. The number of benzene rings is 2. The molecule has 0 radical (unpaired) electrons. The van der Waals surface area contributed by atoms with Crippen molar-refractivity contribution in [2.75, 3.05) is 39.1 Å². The lowest BCUT2D eigenvalue weighted by Gasteiger charge is -2.36. The van der Waals surface area contributed by atoms with E-state index in [-0.39, 0.29) is 12.1 Å². The number of carbonyl (C=O) groups is 1. The van der Waals surface area contributed by atoms with Gasteiger partial charge < -0.3 is 30.0 Å². The van der Waals surface area contributed by atoms with Crippen molar-refractivity contribution in [3.63, 3.8) is 0 Å². The van der Waals surface area contributed by atoms with Gasteiger partial charge in [-0.1, -0.05) is 30.3 Å². The standard InChI is InChI=1S/C30H40N4O5/c1-37-28-18-27-24(17-26(28)31)19-34(32-27)25-7-12-30(36,13-8-25)21-38-16-11-22-9-14-33(15-10-22)29(35)39-20-23-5-3-2-4-6-23/h2-6,17-19,22,25,36H,7-16,20-21,31H2,1H3. The molecule has 9 nitrogen and oxygen atoms in total. The van der Waals surface area contributed by atoms with Crippen LogP contribution < -0.4 is 10.5 Å². The molecule has 0 unspecified atom stereocenters. The molecule has 2 fully saturated rings. The number of amides is 1. The number of nitrogens with two attached hydrogens (primary N) is 1. The molecule has 210 valence electrons. The molecule has 5 rings (SSSR count). The highest BCUT2D eigenvalue weighted by Gasteiger charge is 2.34. The summed E-state index contributed by atoms with van der Waals surface area (Å²) in [7, 11) is 1.61.